The standard InChI is InChI=1S/C27H28ClN5O5S/c1-3-38-15-7-9-18-19(25(29)34)8-6-12-24(18)39(35,36)33-27-26(30-21-10-4-5-11-22(21)31-27)32-23-16-17(37-2)13-14-20(23)28/h4-6,8,10-14,16H,3,7,9,15H2,1-2H3,(H2,29,34)(H,30,32)(H,31,33). The van der Waals surface area contributed by atoms with Crippen LogP contribution in [0, 0.1) is 0 Å². The Morgan fingerprint density at radius 2 is 1.74 bits per heavy atom. The highest BCUT2D eigenvalue weighted by Gasteiger charge is 2.25. The summed E-state index contributed by atoms with van der Waals surface area (Å²) in [4.78, 5) is 21.2. The van der Waals surface area contributed by atoms with Gasteiger partial charge in [0, 0.05) is 24.8 Å². The van der Waals surface area contributed by atoms with Gasteiger partial charge in [0.15, 0.2) is 11.6 Å². The number of anilines is 3. The molecule has 4 rings (SSSR count). The van der Waals surface area contributed by atoms with Gasteiger partial charge in [0.2, 0.25) is 5.91 Å². The molecule has 0 spiro atoms. The van der Waals surface area contributed by atoms with Gasteiger partial charge >= 0.3 is 0 Å². The van der Waals surface area contributed by atoms with Gasteiger partial charge in [-0.05, 0) is 61.7 Å². The first-order valence-electron chi connectivity index (χ1n) is 12.1. The molecule has 4 N–H and O–H groups in total. The van der Waals surface area contributed by atoms with Crippen molar-refractivity contribution in [3.63, 3.8) is 0 Å². The molecule has 3 aromatic carbocycles. The Labute approximate surface area is 231 Å². The lowest BCUT2D eigenvalue weighted by molar-refractivity contribution is 0.0998. The predicted octanol–water partition coefficient (Wildman–Crippen LogP) is 4.90. The number of sulfonamides is 1. The van der Waals surface area contributed by atoms with Crippen LogP contribution >= 0.6 is 11.6 Å². The Hall–Kier alpha value is -3.93. The molecule has 0 aliphatic carbocycles. The van der Waals surface area contributed by atoms with Crippen LogP contribution in [0.2, 0.25) is 5.02 Å². The smallest absolute Gasteiger partial charge is 0.263 e. The highest BCUT2D eigenvalue weighted by Crippen LogP contribution is 2.33. The number of fused-ring (bicyclic) bond motifs is 1. The number of benzene rings is 3. The van der Waals surface area contributed by atoms with Gasteiger partial charge in [-0.1, -0.05) is 29.8 Å². The lowest BCUT2D eigenvalue weighted by Gasteiger charge is -2.17. The minimum atomic E-state index is -4.25. The molecule has 0 aliphatic rings. The summed E-state index contributed by atoms with van der Waals surface area (Å²) >= 11 is 6.38. The molecule has 10 nitrogen and oxygen atoms in total. The SMILES string of the molecule is CCOCCCc1c(C(N)=O)cccc1S(=O)(=O)Nc1nc2ccccc2nc1Nc1cc(OC)ccc1Cl. The number of nitrogens with zero attached hydrogens (tertiary/aromatic N) is 2. The van der Waals surface area contributed by atoms with Crippen LogP contribution in [0.15, 0.2) is 65.6 Å². The first kappa shape index (κ1) is 28.1. The number of para-hydroxylation sites is 2. The summed E-state index contributed by atoms with van der Waals surface area (Å²) in [5.41, 5.74) is 7.45. The fourth-order valence-corrected chi connectivity index (χ4v) is 5.46. The monoisotopic (exact) mass is 569 g/mol. The first-order valence-corrected chi connectivity index (χ1v) is 14.0. The van der Waals surface area contributed by atoms with Crippen molar-refractivity contribution in [2.45, 2.75) is 24.7 Å². The summed E-state index contributed by atoms with van der Waals surface area (Å²) in [5.74, 6) is -0.120. The largest absolute Gasteiger partial charge is 0.497 e. The number of ether oxygens (including phenoxy) is 2. The number of rotatable bonds is 12. The van der Waals surface area contributed by atoms with Crippen molar-refractivity contribution < 1.29 is 22.7 Å². The van der Waals surface area contributed by atoms with Crippen molar-refractivity contribution in [2.24, 2.45) is 5.73 Å². The molecule has 0 saturated heterocycles. The number of halogens is 1. The zero-order valence-electron chi connectivity index (χ0n) is 21.4. The molecule has 12 heteroatoms. The van der Waals surface area contributed by atoms with Gasteiger partial charge in [-0.25, -0.2) is 18.4 Å². The Balaban J connectivity index is 1.78. The summed E-state index contributed by atoms with van der Waals surface area (Å²) in [7, 11) is -2.73. The molecule has 4 aromatic rings. The van der Waals surface area contributed by atoms with Crippen molar-refractivity contribution in [1.29, 1.82) is 0 Å². The number of nitrogens with one attached hydrogen (secondary N) is 2. The number of amides is 1. The van der Waals surface area contributed by atoms with Gasteiger partial charge in [-0.15, -0.1) is 0 Å². The van der Waals surface area contributed by atoms with E-state index < -0.39 is 15.9 Å². The number of primary amides is 1. The summed E-state index contributed by atoms with van der Waals surface area (Å²) in [6.07, 6.45) is 0.765. The number of carbonyl (C=O) groups is 1. The van der Waals surface area contributed by atoms with Crippen LogP contribution in [0.25, 0.3) is 11.0 Å². The summed E-state index contributed by atoms with van der Waals surface area (Å²) < 4.78 is 40.7. The van der Waals surface area contributed by atoms with Gasteiger partial charge in [0.05, 0.1) is 33.7 Å². The van der Waals surface area contributed by atoms with E-state index in [2.05, 4.69) is 20.0 Å². The third-order valence-corrected chi connectivity index (χ3v) is 7.59. The number of aromatic nitrogens is 2. The average molecular weight is 570 g/mol. The minimum Gasteiger partial charge on any atom is -0.497 e. The Kier molecular flexibility index (Phi) is 8.85. The summed E-state index contributed by atoms with van der Waals surface area (Å²) in [6, 6.07) is 16.4. The molecule has 0 saturated carbocycles. The second-order valence-corrected chi connectivity index (χ2v) is 10.5. The van der Waals surface area contributed by atoms with E-state index in [1.54, 1.807) is 42.5 Å². The third-order valence-electron chi connectivity index (χ3n) is 5.84. The molecule has 0 atom stereocenters. The summed E-state index contributed by atoms with van der Waals surface area (Å²) in [6.45, 7) is 2.80. The lowest BCUT2D eigenvalue weighted by Crippen LogP contribution is -2.21. The van der Waals surface area contributed by atoms with E-state index in [0.29, 0.717) is 52.7 Å². The molecule has 39 heavy (non-hydrogen) atoms. The average Bonchev–Trinajstić information content (AvgIpc) is 2.92. The summed E-state index contributed by atoms with van der Waals surface area (Å²) in [5, 5.41) is 3.44. The molecule has 1 aromatic heterocycles. The van der Waals surface area contributed by atoms with Crippen molar-refractivity contribution in [3.05, 3.63) is 76.8 Å². The number of nitrogens with two attached hydrogens (primary N) is 1. The maximum Gasteiger partial charge on any atom is 0.263 e. The predicted molar refractivity (Wildman–Crippen MR) is 151 cm³/mol. The number of hydrogen-bond acceptors (Lipinski definition) is 8. The Bertz CT molecular complexity index is 1610. The van der Waals surface area contributed by atoms with Crippen molar-refractivity contribution in [3.8, 4) is 5.75 Å². The molecule has 0 unspecified atom stereocenters. The zero-order chi connectivity index (χ0) is 28.0. The third kappa shape index (κ3) is 6.56. The molecule has 0 bridgehead atoms. The molecular formula is C27H28ClN5O5S. The fraction of sp³-hybridized carbons (Fsp3) is 0.222. The van der Waals surface area contributed by atoms with E-state index in [1.165, 1.54) is 25.3 Å². The number of carbonyl (C=O) groups excluding carboxylic acids is 1. The van der Waals surface area contributed by atoms with Gasteiger partial charge in [0.1, 0.15) is 5.75 Å². The number of hydrogen-bond donors (Lipinski definition) is 3. The molecule has 204 valence electrons. The van der Waals surface area contributed by atoms with E-state index in [0.717, 1.165) is 0 Å². The van der Waals surface area contributed by atoms with Gasteiger partial charge < -0.3 is 20.5 Å². The van der Waals surface area contributed by atoms with Crippen LogP contribution in [-0.4, -0.2) is 44.6 Å². The van der Waals surface area contributed by atoms with Crippen LogP contribution in [0.5, 0.6) is 5.75 Å². The van der Waals surface area contributed by atoms with Crippen molar-refractivity contribution >= 4 is 55.9 Å². The second-order valence-electron chi connectivity index (χ2n) is 8.43. The van der Waals surface area contributed by atoms with Crippen LogP contribution in [0.1, 0.15) is 29.3 Å². The maximum absolute atomic E-state index is 13.8. The fourth-order valence-electron chi connectivity index (χ4n) is 4.00. The topological polar surface area (TPSA) is 146 Å². The first-order chi connectivity index (χ1) is 18.7. The quantitative estimate of drug-likeness (QED) is 0.204. The van der Waals surface area contributed by atoms with E-state index in [9.17, 15) is 13.2 Å². The molecule has 0 aliphatic heterocycles. The lowest BCUT2D eigenvalue weighted by atomic mass is 10.0. The zero-order valence-corrected chi connectivity index (χ0v) is 23.0. The van der Waals surface area contributed by atoms with Crippen LogP contribution in [0.4, 0.5) is 17.3 Å². The Morgan fingerprint density at radius 3 is 2.41 bits per heavy atom. The van der Waals surface area contributed by atoms with Crippen molar-refractivity contribution in [1.82, 2.24) is 9.97 Å². The van der Waals surface area contributed by atoms with E-state index in [4.69, 9.17) is 26.8 Å². The molecular weight excluding hydrogens is 542 g/mol. The highest BCUT2D eigenvalue weighted by molar-refractivity contribution is 7.92. The normalized spacial score (nSPS) is 11.4. The second kappa shape index (κ2) is 12.3. The van der Waals surface area contributed by atoms with Gasteiger partial charge in [-0.2, -0.15) is 0 Å². The van der Waals surface area contributed by atoms with Gasteiger partial charge in [0.25, 0.3) is 10.0 Å². The minimum absolute atomic E-state index is 0.0580. The van der Waals surface area contributed by atoms with Crippen LogP contribution in [0.3, 0.4) is 0 Å². The number of methoxy groups -OCH3 is 1. The molecule has 1 amide bonds. The van der Waals surface area contributed by atoms with Crippen LogP contribution < -0.4 is 20.5 Å². The van der Waals surface area contributed by atoms with E-state index in [-0.39, 0.29) is 28.5 Å². The van der Waals surface area contributed by atoms with Crippen LogP contribution in [-0.2, 0) is 21.2 Å². The highest BCUT2D eigenvalue weighted by atomic mass is 35.5. The molecule has 0 fully saturated rings. The Morgan fingerprint density at radius 1 is 1.03 bits per heavy atom. The van der Waals surface area contributed by atoms with E-state index >= 15 is 0 Å². The molecule has 0 radical (unpaired) electrons. The molecule has 1 heterocycles. The van der Waals surface area contributed by atoms with E-state index in [1.807, 2.05) is 6.92 Å². The van der Waals surface area contributed by atoms with Crippen molar-refractivity contribution in [2.75, 3.05) is 30.4 Å². The van der Waals surface area contributed by atoms with Gasteiger partial charge in [-0.3, -0.25) is 9.52 Å². The maximum atomic E-state index is 13.8.